The van der Waals surface area contributed by atoms with E-state index in [1.165, 1.54) is 11.1 Å². The predicted molar refractivity (Wildman–Crippen MR) is 104 cm³/mol. The molecule has 0 saturated heterocycles. The van der Waals surface area contributed by atoms with Gasteiger partial charge in [0.25, 0.3) is 0 Å². The number of anilines is 1. The van der Waals surface area contributed by atoms with E-state index < -0.39 is 0 Å². The molecule has 136 valence electrons. The van der Waals surface area contributed by atoms with Crippen LogP contribution in [0.25, 0.3) is 0 Å². The molecule has 0 aliphatic heterocycles. The van der Waals surface area contributed by atoms with Gasteiger partial charge in [-0.25, -0.2) is 0 Å². The lowest BCUT2D eigenvalue weighted by molar-refractivity contribution is -0.125. The van der Waals surface area contributed by atoms with Crippen LogP contribution in [0, 0.1) is 25.7 Å². The van der Waals surface area contributed by atoms with Crippen molar-refractivity contribution in [2.45, 2.75) is 33.1 Å². The van der Waals surface area contributed by atoms with E-state index in [0.717, 1.165) is 24.1 Å². The van der Waals surface area contributed by atoms with Crippen LogP contribution in [-0.2, 0) is 16.0 Å². The van der Waals surface area contributed by atoms with Gasteiger partial charge in [0.15, 0.2) is 0 Å². The second-order valence-electron chi connectivity index (χ2n) is 7.14. The molecule has 0 radical (unpaired) electrons. The van der Waals surface area contributed by atoms with Crippen LogP contribution < -0.4 is 10.6 Å². The Morgan fingerprint density at radius 1 is 1.00 bits per heavy atom. The third-order valence-corrected chi connectivity index (χ3v) is 4.89. The van der Waals surface area contributed by atoms with Gasteiger partial charge in [-0.3, -0.25) is 9.59 Å². The molecule has 2 amide bonds. The number of aryl methyl sites for hydroxylation is 3. The molecule has 1 fully saturated rings. The van der Waals surface area contributed by atoms with Crippen molar-refractivity contribution in [3.8, 4) is 0 Å². The first kappa shape index (κ1) is 18.2. The molecule has 2 N–H and O–H groups in total. The highest BCUT2D eigenvalue weighted by Gasteiger charge is 2.47. The molecule has 0 aromatic heterocycles. The average molecular weight is 350 g/mol. The molecule has 0 bridgehead atoms. The zero-order valence-corrected chi connectivity index (χ0v) is 15.4. The highest BCUT2D eigenvalue weighted by molar-refractivity contribution is 5.99. The van der Waals surface area contributed by atoms with Crippen LogP contribution in [0.3, 0.4) is 0 Å². The normalized spacial score (nSPS) is 18.2. The van der Waals surface area contributed by atoms with Gasteiger partial charge in [-0.15, -0.1) is 0 Å². The standard InChI is InChI=1S/C22H26N2O2/c1-15-10-11-20(16(2)13-15)24-22(26)19-14-18(19)21(25)23-12-6-9-17-7-4-3-5-8-17/h3-5,7-8,10-11,13,18-19H,6,9,12,14H2,1-2H3,(H,23,25)(H,24,26). The van der Waals surface area contributed by atoms with Gasteiger partial charge in [0.2, 0.25) is 11.8 Å². The average Bonchev–Trinajstić information content (AvgIpc) is 3.43. The quantitative estimate of drug-likeness (QED) is 0.749. The molecule has 2 aromatic rings. The van der Waals surface area contributed by atoms with Crippen LogP contribution in [0.5, 0.6) is 0 Å². The Bertz CT molecular complexity index is 786. The molecule has 2 unspecified atom stereocenters. The van der Waals surface area contributed by atoms with Crippen molar-refractivity contribution < 1.29 is 9.59 Å². The predicted octanol–water partition coefficient (Wildman–Crippen LogP) is 3.63. The lowest BCUT2D eigenvalue weighted by Gasteiger charge is -2.09. The Hall–Kier alpha value is -2.62. The summed E-state index contributed by atoms with van der Waals surface area (Å²) in [6.07, 6.45) is 2.49. The van der Waals surface area contributed by atoms with Gasteiger partial charge in [0.1, 0.15) is 0 Å². The van der Waals surface area contributed by atoms with Crippen molar-refractivity contribution in [1.82, 2.24) is 5.32 Å². The molecule has 2 atom stereocenters. The van der Waals surface area contributed by atoms with Crippen molar-refractivity contribution in [3.05, 3.63) is 65.2 Å². The Labute approximate surface area is 155 Å². The molecule has 1 aliphatic rings. The van der Waals surface area contributed by atoms with Gasteiger partial charge in [-0.2, -0.15) is 0 Å². The van der Waals surface area contributed by atoms with Crippen molar-refractivity contribution in [2.75, 3.05) is 11.9 Å². The van der Waals surface area contributed by atoms with Gasteiger partial charge in [-0.05, 0) is 50.3 Å². The first-order valence-electron chi connectivity index (χ1n) is 9.24. The largest absolute Gasteiger partial charge is 0.356 e. The number of rotatable bonds is 7. The molecule has 3 rings (SSSR count). The lowest BCUT2D eigenvalue weighted by atomic mass is 10.1. The van der Waals surface area contributed by atoms with Crippen molar-refractivity contribution in [3.63, 3.8) is 0 Å². The molecule has 0 heterocycles. The summed E-state index contributed by atoms with van der Waals surface area (Å²) < 4.78 is 0. The number of benzene rings is 2. The third kappa shape index (κ3) is 4.72. The Kier molecular flexibility index (Phi) is 5.71. The summed E-state index contributed by atoms with van der Waals surface area (Å²) in [7, 11) is 0. The summed E-state index contributed by atoms with van der Waals surface area (Å²) in [5, 5.41) is 5.92. The molecule has 1 saturated carbocycles. The Balaban J connectivity index is 1.40. The highest BCUT2D eigenvalue weighted by atomic mass is 16.2. The molecular formula is C22H26N2O2. The topological polar surface area (TPSA) is 58.2 Å². The second-order valence-corrected chi connectivity index (χ2v) is 7.14. The Morgan fingerprint density at radius 3 is 2.46 bits per heavy atom. The zero-order valence-electron chi connectivity index (χ0n) is 15.4. The number of carbonyl (C=O) groups excluding carboxylic acids is 2. The van der Waals surface area contributed by atoms with Crippen molar-refractivity contribution in [2.24, 2.45) is 11.8 Å². The summed E-state index contributed by atoms with van der Waals surface area (Å²) in [4.78, 5) is 24.6. The second kappa shape index (κ2) is 8.17. The molecule has 4 nitrogen and oxygen atoms in total. The minimum absolute atomic E-state index is 0.00107. The fourth-order valence-corrected chi connectivity index (χ4v) is 3.23. The SMILES string of the molecule is Cc1ccc(NC(=O)C2CC2C(=O)NCCCc2ccccc2)c(C)c1. The van der Waals surface area contributed by atoms with Crippen LogP contribution in [-0.4, -0.2) is 18.4 Å². The van der Waals surface area contributed by atoms with Gasteiger partial charge in [0, 0.05) is 12.2 Å². The molecule has 26 heavy (non-hydrogen) atoms. The summed E-state index contributed by atoms with van der Waals surface area (Å²) in [6.45, 7) is 4.65. The van der Waals surface area contributed by atoms with E-state index in [-0.39, 0.29) is 23.7 Å². The minimum Gasteiger partial charge on any atom is -0.356 e. The maximum absolute atomic E-state index is 12.4. The monoisotopic (exact) mass is 350 g/mol. The summed E-state index contributed by atoms with van der Waals surface area (Å²) in [5.41, 5.74) is 4.31. The first-order valence-corrected chi connectivity index (χ1v) is 9.24. The lowest BCUT2D eigenvalue weighted by Crippen LogP contribution is -2.28. The van der Waals surface area contributed by atoms with Crippen LogP contribution in [0.15, 0.2) is 48.5 Å². The van der Waals surface area contributed by atoms with E-state index in [9.17, 15) is 9.59 Å². The zero-order chi connectivity index (χ0) is 18.5. The fraction of sp³-hybridized carbons (Fsp3) is 0.364. The van der Waals surface area contributed by atoms with Gasteiger partial charge in [-0.1, -0.05) is 48.0 Å². The molecular weight excluding hydrogens is 324 g/mol. The number of hydrogen-bond acceptors (Lipinski definition) is 2. The van der Waals surface area contributed by atoms with Gasteiger partial charge >= 0.3 is 0 Å². The number of carbonyl (C=O) groups is 2. The van der Waals surface area contributed by atoms with E-state index in [0.29, 0.717) is 13.0 Å². The van der Waals surface area contributed by atoms with E-state index in [1.807, 2.05) is 50.2 Å². The van der Waals surface area contributed by atoms with E-state index >= 15 is 0 Å². The molecule has 4 heteroatoms. The summed E-state index contributed by atoms with van der Waals surface area (Å²) in [5.74, 6) is -0.442. The summed E-state index contributed by atoms with van der Waals surface area (Å²) in [6, 6.07) is 16.2. The van der Waals surface area contributed by atoms with E-state index in [4.69, 9.17) is 0 Å². The van der Waals surface area contributed by atoms with E-state index in [1.54, 1.807) is 0 Å². The van der Waals surface area contributed by atoms with Crippen LogP contribution in [0.1, 0.15) is 29.5 Å². The fourth-order valence-electron chi connectivity index (χ4n) is 3.23. The number of amides is 2. The number of nitrogens with one attached hydrogen (secondary N) is 2. The van der Waals surface area contributed by atoms with Gasteiger partial charge < -0.3 is 10.6 Å². The molecule has 2 aromatic carbocycles. The van der Waals surface area contributed by atoms with Crippen molar-refractivity contribution in [1.29, 1.82) is 0 Å². The van der Waals surface area contributed by atoms with Crippen LogP contribution >= 0.6 is 0 Å². The third-order valence-electron chi connectivity index (χ3n) is 4.89. The number of hydrogen-bond donors (Lipinski definition) is 2. The molecule has 1 aliphatic carbocycles. The maximum atomic E-state index is 12.4. The first-order chi connectivity index (χ1) is 12.5. The summed E-state index contributed by atoms with van der Waals surface area (Å²) >= 11 is 0. The van der Waals surface area contributed by atoms with Crippen LogP contribution in [0.4, 0.5) is 5.69 Å². The maximum Gasteiger partial charge on any atom is 0.228 e. The minimum atomic E-state index is -0.204. The molecule has 0 spiro atoms. The van der Waals surface area contributed by atoms with E-state index in [2.05, 4.69) is 22.8 Å². The van der Waals surface area contributed by atoms with Crippen molar-refractivity contribution >= 4 is 17.5 Å². The smallest absolute Gasteiger partial charge is 0.228 e. The van der Waals surface area contributed by atoms with Crippen LogP contribution in [0.2, 0.25) is 0 Å². The highest BCUT2D eigenvalue weighted by Crippen LogP contribution is 2.39. The van der Waals surface area contributed by atoms with Gasteiger partial charge in [0.05, 0.1) is 11.8 Å². The Morgan fingerprint density at radius 2 is 1.73 bits per heavy atom.